The summed E-state index contributed by atoms with van der Waals surface area (Å²) in [7, 11) is -3.27. The molecule has 1 N–H and O–H groups in total. The van der Waals surface area contributed by atoms with Crippen LogP contribution in [-0.4, -0.2) is 38.9 Å². The zero-order valence-corrected chi connectivity index (χ0v) is 15.1. The molecule has 0 aromatic heterocycles. The van der Waals surface area contributed by atoms with E-state index in [0.29, 0.717) is 18.1 Å². The molecule has 2 aromatic rings. The Hall–Kier alpha value is -1.40. The van der Waals surface area contributed by atoms with Crippen LogP contribution >= 0.6 is 11.6 Å². The Morgan fingerprint density at radius 3 is 2.17 bits per heavy atom. The third kappa shape index (κ3) is 4.57. The lowest BCUT2D eigenvalue weighted by Gasteiger charge is -2.31. The number of quaternary nitrogens is 1. The topological polar surface area (TPSA) is 41.8 Å². The SMILES string of the molecule is O=S(=O)(Cc1ccc(Cl)cc1)N1CC[NH+](Cc2ccccc2)CC1. The Kier molecular flexibility index (Phi) is 5.56. The molecule has 1 fully saturated rings. The van der Waals surface area contributed by atoms with Gasteiger partial charge in [-0.25, -0.2) is 8.42 Å². The number of hydrogen-bond acceptors (Lipinski definition) is 2. The molecule has 1 heterocycles. The summed E-state index contributed by atoms with van der Waals surface area (Å²) in [6.45, 7) is 3.80. The Balaban J connectivity index is 1.56. The van der Waals surface area contributed by atoms with Crippen LogP contribution in [0.1, 0.15) is 11.1 Å². The molecule has 4 nitrogen and oxygen atoms in total. The number of nitrogens with one attached hydrogen (secondary N) is 1. The van der Waals surface area contributed by atoms with Crippen LogP contribution in [0.3, 0.4) is 0 Å². The van der Waals surface area contributed by atoms with Gasteiger partial charge in [-0.1, -0.05) is 54.1 Å². The van der Waals surface area contributed by atoms with E-state index in [-0.39, 0.29) is 5.75 Å². The van der Waals surface area contributed by atoms with Crippen molar-refractivity contribution in [2.24, 2.45) is 0 Å². The Labute approximate surface area is 148 Å². The van der Waals surface area contributed by atoms with Crippen molar-refractivity contribution in [1.29, 1.82) is 0 Å². The summed E-state index contributed by atoms with van der Waals surface area (Å²) >= 11 is 5.85. The van der Waals surface area contributed by atoms with Gasteiger partial charge in [-0.05, 0) is 17.7 Å². The van der Waals surface area contributed by atoms with Crippen LogP contribution in [0.5, 0.6) is 0 Å². The Morgan fingerprint density at radius 1 is 0.917 bits per heavy atom. The van der Waals surface area contributed by atoms with Crippen LogP contribution in [0.2, 0.25) is 5.02 Å². The zero-order chi connectivity index (χ0) is 17.0. The highest BCUT2D eigenvalue weighted by molar-refractivity contribution is 7.88. The van der Waals surface area contributed by atoms with Gasteiger partial charge in [-0.15, -0.1) is 0 Å². The van der Waals surface area contributed by atoms with Crippen molar-refractivity contribution in [1.82, 2.24) is 4.31 Å². The molecule has 0 unspecified atom stereocenters. The first kappa shape index (κ1) is 17.4. The normalized spacial score (nSPS) is 17.0. The second-order valence-electron chi connectivity index (χ2n) is 6.19. The van der Waals surface area contributed by atoms with Crippen LogP contribution in [0.25, 0.3) is 0 Å². The summed E-state index contributed by atoms with van der Waals surface area (Å²) in [6, 6.07) is 17.4. The van der Waals surface area contributed by atoms with Crippen molar-refractivity contribution in [3.8, 4) is 0 Å². The number of hydrogen-bond donors (Lipinski definition) is 1. The van der Waals surface area contributed by atoms with E-state index in [2.05, 4.69) is 12.1 Å². The minimum atomic E-state index is -3.27. The maximum absolute atomic E-state index is 12.6. The lowest BCUT2D eigenvalue weighted by molar-refractivity contribution is -0.917. The van der Waals surface area contributed by atoms with Gasteiger partial charge in [-0.3, -0.25) is 0 Å². The van der Waals surface area contributed by atoms with Gasteiger partial charge in [0.1, 0.15) is 6.54 Å². The molecule has 0 bridgehead atoms. The van der Waals surface area contributed by atoms with Gasteiger partial charge < -0.3 is 4.90 Å². The van der Waals surface area contributed by atoms with Gasteiger partial charge >= 0.3 is 0 Å². The summed E-state index contributed by atoms with van der Waals surface area (Å²) in [6.07, 6.45) is 0. The Bertz CT molecular complexity index is 755. The van der Waals surface area contributed by atoms with Crippen molar-refractivity contribution in [2.75, 3.05) is 26.2 Å². The van der Waals surface area contributed by atoms with E-state index in [4.69, 9.17) is 11.6 Å². The molecule has 0 radical (unpaired) electrons. The number of halogens is 1. The summed E-state index contributed by atoms with van der Waals surface area (Å²) in [5, 5.41) is 0.620. The molecule has 6 heteroatoms. The number of nitrogens with zero attached hydrogens (tertiary/aromatic N) is 1. The standard InChI is InChI=1S/C18H21ClN2O2S/c19-18-8-6-17(7-9-18)15-24(22,23)21-12-10-20(11-13-21)14-16-4-2-1-3-5-16/h1-9H,10-15H2/p+1. The molecule has 0 spiro atoms. The van der Waals surface area contributed by atoms with E-state index in [1.165, 1.54) is 10.5 Å². The van der Waals surface area contributed by atoms with Crippen molar-refractivity contribution in [3.63, 3.8) is 0 Å². The third-order valence-electron chi connectivity index (χ3n) is 4.38. The molecule has 3 rings (SSSR count). The maximum atomic E-state index is 12.6. The minimum absolute atomic E-state index is 0.0399. The smallest absolute Gasteiger partial charge is 0.218 e. The average Bonchev–Trinajstić information content (AvgIpc) is 2.58. The van der Waals surface area contributed by atoms with Gasteiger partial charge in [0.2, 0.25) is 10.0 Å². The fourth-order valence-electron chi connectivity index (χ4n) is 3.02. The first-order chi connectivity index (χ1) is 11.5. The van der Waals surface area contributed by atoms with Crippen molar-refractivity contribution >= 4 is 21.6 Å². The molecule has 1 aliphatic rings. The van der Waals surface area contributed by atoms with E-state index in [0.717, 1.165) is 25.2 Å². The lowest BCUT2D eigenvalue weighted by atomic mass is 10.2. The number of sulfonamides is 1. The molecule has 2 aromatic carbocycles. The van der Waals surface area contributed by atoms with Gasteiger partial charge in [-0.2, -0.15) is 4.31 Å². The van der Waals surface area contributed by atoms with Crippen LogP contribution < -0.4 is 4.90 Å². The second-order valence-corrected chi connectivity index (χ2v) is 8.60. The predicted molar refractivity (Wildman–Crippen MR) is 96.5 cm³/mol. The molecule has 0 atom stereocenters. The Morgan fingerprint density at radius 2 is 1.54 bits per heavy atom. The maximum Gasteiger partial charge on any atom is 0.218 e. The molecule has 128 valence electrons. The number of piperazine rings is 1. The highest BCUT2D eigenvalue weighted by atomic mass is 35.5. The third-order valence-corrected chi connectivity index (χ3v) is 6.48. The van der Waals surface area contributed by atoms with Gasteiger partial charge in [0.15, 0.2) is 0 Å². The fraction of sp³-hybridized carbons (Fsp3) is 0.333. The van der Waals surface area contributed by atoms with Crippen LogP contribution in [0.4, 0.5) is 0 Å². The van der Waals surface area contributed by atoms with Crippen molar-refractivity contribution < 1.29 is 13.3 Å². The van der Waals surface area contributed by atoms with Crippen molar-refractivity contribution in [2.45, 2.75) is 12.3 Å². The van der Waals surface area contributed by atoms with Crippen LogP contribution in [0.15, 0.2) is 54.6 Å². The second kappa shape index (κ2) is 7.66. The van der Waals surface area contributed by atoms with Crippen LogP contribution in [0, 0.1) is 0 Å². The molecule has 0 aliphatic carbocycles. The number of benzene rings is 2. The molecule has 24 heavy (non-hydrogen) atoms. The van der Waals surface area contributed by atoms with Crippen LogP contribution in [-0.2, 0) is 22.3 Å². The quantitative estimate of drug-likeness (QED) is 0.874. The monoisotopic (exact) mass is 365 g/mol. The molecule has 0 amide bonds. The summed E-state index contributed by atoms with van der Waals surface area (Å²) in [5.41, 5.74) is 2.07. The minimum Gasteiger partial charge on any atom is -0.329 e. The first-order valence-electron chi connectivity index (χ1n) is 8.13. The molecular weight excluding hydrogens is 344 g/mol. The first-order valence-corrected chi connectivity index (χ1v) is 10.1. The molecule has 1 saturated heterocycles. The van der Waals surface area contributed by atoms with Crippen molar-refractivity contribution in [3.05, 3.63) is 70.7 Å². The predicted octanol–water partition coefficient (Wildman–Crippen LogP) is 1.57. The van der Waals surface area contributed by atoms with E-state index in [1.54, 1.807) is 28.6 Å². The highest BCUT2D eigenvalue weighted by Gasteiger charge is 2.29. The zero-order valence-electron chi connectivity index (χ0n) is 13.5. The number of rotatable bonds is 5. The fourth-order valence-corrected chi connectivity index (χ4v) is 4.69. The average molecular weight is 366 g/mol. The summed E-state index contributed by atoms with van der Waals surface area (Å²) in [4.78, 5) is 1.43. The van der Waals surface area contributed by atoms with E-state index in [1.807, 2.05) is 18.2 Å². The lowest BCUT2D eigenvalue weighted by Crippen LogP contribution is -3.13. The summed E-state index contributed by atoms with van der Waals surface area (Å²) in [5.74, 6) is 0.0399. The molecule has 0 saturated carbocycles. The molecular formula is C18H22ClN2O2S+. The van der Waals surface area contributed by atoms with Gasteiger partial charge in [0, 0.05) is 10.6 Å². The molecule has 1 aliphatic heterocycles. The van der Waals surface area contributed by atoms with E-state index >= 15 is 0 Å². The van der Waals surface area contributed by atoms with E-state index < -0.39 is 10.0 Å². The van der Waals surface area contributed by atoms with E-state index in [9.17, 15) is 8.42 Å². The largest absolute Gasteiger partial charge is 0.329 e. The van der Waals surface area contributed by atoms with Gasteiger partial charge in [0.05, 0.1) is 31.9 Å². The summed E-state index contributed by atoms with van der Waals surface area (Å²) < 4.78 is 26.8. The highest BCUT2D eigenvalue weighted by Crippen LogP contribution is 2.14. The van der Waals surface area contributed by atoms with Gasteiger partial charge in [0.25, 0.3) is 0 Å².